The van der Waals surface area contributed by atoms with Crippen molar-refractivity contribution in [3.63, 3.8) is 0 Å². The molecule has 156 valence electrons. The Morgan fingerprint density at radius 3 is 2.83 bits per heavy atom. The molecular formula is C20H28N4O4Si. The number of oxazole rings is 1. The topological polar surface area (TPSA) is 91.4 Å². The fraction of sp³-hybridized carbons (Fsp3) is 0.450. The highest BCUT2D eigenvalue weighted by molar-refractivity contribution is 6.76. The van der Waals surface area contributed by atoms with Gasteiger partial charge in [0.2, 0.25) is 5.89 Å². The van der Waals surface area contributed by atoms with Crippen LogP contribution in [0.25, 0.3) is 22.5 Å². The molecule has 1 N–H and O–H groups in total. The average molecular weight is 417 g/mol. The molecule has 0 aliphatic rings. The van der Waals surface area contributed by atoms with Gasteiger partial charge in [-0.1, -0.05) is 19.6 Å². The lowest BCUT2D eigenvalue weighted by molar-refractivity contribution is 0.0519. The van der Waals surface area contributed by atoms with Gasteiger partial charge in [-0.25, -0.2) is 14.8 Å². The van der Waals surface area contributed by atoms with E-state index >= 15 is 0 Å². The zero-order valence-corrected chi connectivity index (χ0v) is 18.6. The number of ether oxygens (including phenoxy) is 2. The van der Waals surface area contributed by atoms with Crippen LogP contribution >= 0.6 is 0 Å². The normalized spacial score (nSPS) is 11.8. The lowest BCUT2D eigenvalue weighted by Gasteiger charge is -2.15. The fourth-order valence-electron chi connectivity index (χ4n) is 2.91. The first-order chi connectivity index (χ1) is 13.8. The van der Waals surface area contributed by atoms with E-state index in [-0.39, 0.29) is 12.3 Å². The quantitative estimate of drug-likeness (QED) is 0.317. The zero-order chi connectivity index (χ0) is 21.0. The van der Waals surface area contributed by atoms with Crippen LogP contribution in [0, 0.1) is 0 Å². The van der Waals surface area contributed by atoms with E-state index in [9.17, 15) is 4.79 Å². The molecule has 0 saturated carbocycles. The molecule has 8 nitrogen and oxygen atoms in total. The fourth-order valence-corrected chi connectivity index (χ4v) is 3.67. The Morgan fingerprint density at radius 2 is 2.14 bits per heavy atom. The number of pyridine rings is 1. The predicted molar refractivity (Wildman–Crippen MR) is 115 cm³/mol. The molecule has 0 unspecified atom stereocenters. The largest absolute Gasteiger partial charge is 0.461 e. The first-order valence-electron chi connectivity index (χ1n) is 9.70. The van der Waals surface area contributed by atoms with Crippen molar-refractivity contribution in [1.29, 1.82) is 0 Å². The maximum absolute atomic E-state index is 11.9. The summed E-state index contributed by atoms with van der Waals surface area (Å²) in [6, 6.07) is 3.10. The molecule has 0 spiro atoms. The molecular weight excluding hydrogens is 388 g/mol. The van der Waals surface area contributed by atoms with Gasteiger partial charge in [-0.05, 0) is 19.0 Å². The summed E-state index contributed by atoms with van der Waals surface area (Å²) in [7, 11) is 0.714. The van der Waals surface area contributed by atoms with Crippen molar-refractivity contribution >= 4 is 30.8 Å². The number of fused-ring (bicyclic) bond motifs is 1. The first-order valence-corrected chi connectivity index (χ1v) is 13.4. The van der Waals surface area contributed by atoms with Crippen molar-refractivity contribution in [2.75, 3.05) is 25.6 Å². The number of rotatable bonds is 9. The molecule has 3 aromatic rings. The number of anilines is 1. The highest BCUT2D eigenvalue weighted by Gasteiger charge is 2.19. The standard InChI is InChI=1S/C20H28N4O4Si/c1-6-27-20(25)16-12-28-19(23-16)15-11-22-18-14(17(15)21-2)7-8-24(18)13-26-9-10-29(3,4)5/h7-8,11-12H,6,9-10,13H2,1-5H3,(H,21,22). The number of hydrogen-bond donors (Lipinski definition) is 1. The number of nitrogens with one attached hydrogen (secondary N) is 1. The van der Waals surface area contributed by atoms with Crippen LogP contribution < -0.4 is 5.32 Å². The summed E-state index contributed by atoms with van der Waals surface area (Å²) in [5.74, 6) is -0.199. The second-order valence-electron chi connectivity index (χ2n) is 7.93. The van der Waals surface area contributed by atoms with Gasteiger partial charge in [0.05, 0.1) is 17.9 Å². The summed E-state index contributed by atoms with van der Waals surface area (Å²) >= 11 is 0. The van der Waals surface area contributed by atoms with Gasteiger partial charge in [0.15, 0.2) is 5.69 Å². The number of hydrogen-bond acceptors (Lipinski definition) is 7. The van der Waals surface area contributed by atoms with E-state index in [4.69, 9.17) is 13.9 Å². The third-order valence-corrected chi connectivity index (χ3v) is 6.19. The molecule has 29 heavy (non-hydrogen) atoms. The zero-order valence-electron chi connectivity index (χ0n) is 17.6. The summed E-state index contributed by atoms with van der Waals surface area (Å²) in [6.07, 6.45) is 4.94. The van der Waals surface area contributed by atoms with E-state index in [1.165, 1.54) is 6.26 Å². The third-order valence-electron chi connectivity index (χ3n) is 4.48. The summed E-state index contributed by atoms with van der Waals surface area (Å²) < 4.78 is 18.3. The Balaban J connectivity index is 1.83. The first kappa shape index (κ1) is 21.1. The van der Waals surface area contributed by atoms with E-state index in [1.807, 2.05) is 23.9 Å². The van der Waals surface area contributed by atoms with Crippen molar-refractivity contribution in [1.82, 2.24) is 14.5 Å². The minimum atomic E-state index is -1.11. The van der Waals surface area contributed by atoms with Crippen molar-refractivity contribution in [3.8, 4) is 11.5 Å². The van der Waals surface area contributed by atoms with E-state index in [2.05, 4.69) is 34.9 Å². The van der Waals surface area contributed by atoms with Gasteiger partial charge in [-0.2, -0.15) is 0 Å². The van der Waals surface area contributed by atoms with Crippen LogP contribution in [0.15, 0.2) is 29.1 Å². The lowest BCUT2D eigenvalue weighted by atomic mass is 10.2. The van der Waals surface area contributed by atoms with Crippen molar-refractivity contribution in [2.24, 2.45) is 0 Å². The Hall–Kier alpha value is -2.65. The Kier molecular flexibility index (Phi) is 6.38. The molecule has 0 fully saturated rings. The van der Waals surface area contributed by atoms with Crippen LogP contribution in [0.4, 0.5) is 5.69 Å². The van der Waals surface area contributed by atoms with Crippen molar-refractivity contribution < 1.29 is 18.7 Å². The maximum Gasteiger partial charge on any atom is 0.360 e. The van der Waals surface area contributed by atoms with Gasteiger partial charge in [0, 0.05) is 39.5 Å². The minimum Gasteiger partial charge on any atom is -0.461 e. The smallest absolute Gasteiger partial charge is 0.360 e. The number of esters is 1. The van der Waals surface area contributed by atoms with Crippen molar-refractivity contribution in [3.05, 3.63) is 30.4 Å². The lowest BCUT2D eigenvalue weighted by Crippen LogP contribution is -2.22. The summed E-state index contributed by atoms with van der Waals surface area (Å²) in [5.41, 5.74) is 2.45. The van der Waals surface area contributed by atoms with Gasteiger partial charge >= 0.3 is 5.97 Å². The van der Waals surface area contributed by atoms with Gasteiger partial charge in [-0.15, -0.1) is 0 Å². The molecule has 0 saturated heterocycles. The molecule has 9 heteroatoms. The Bertz CT molecular complexity index is 990. The second-order valence-corrected chi connectivity index (χ2v) is 13.5. The molecule has 0 bridgehead atoms. The molecule has 0 amide bonds. The molecule has 0 aliphatic carbocycles. The molecule has 3 aromatic heterocycles. The Labute approximate surface area is 171 Å². The van der Waals surface area contributed by atoms with Gasteiger partial charge in [0.25, 0.3) is 0 Å². The van der Waals surface area contributed by atoms with Crippen molar-refractivity contribution in [2.45, 2.75) is 39.3 Å². The van der Waals surface area contributed by atoms with E-state index < -0.39 is 14.0 Å². The van der Waals surface area contributed by atoms with Crippen LogP contribution in [0.5, 0.6) is 0 Å². The van der Waals surface area contributed by atoms with Crippen LogP contribution in [0.3, 0.4) is 0 Å². The van der Waals surface area contributed by atoms with Gasteiger partial charge < -0.3 is 23.8 Å². The summed E-state index contributed by atoms with van der Waals surface area (Å²) in [5, 5.41) is 4.12. The second kappa shape index (κ2) is 8.79. The highest BCUT2D eigenvalue weighted by atomic mass is 28.3. The molecule has 0 aliphatic heterocycles. The number of carbonyl (C=O) groups excluding carboxylic acids is 1. The molecule has 3 rings (SSSR count). The molecule has 0 aromatic carbocycles. The number of nitrogens with zero attached hydrogens (tertiary/aromatic N) is 3. The number of carbonyl (C=O) groups is 1. The van der Waals surface area contributed by atoms with Crippen LogP contribution in [0.2, 0.25) is 25.7 Å². The summed E-state index contributed by atoms with van der Waals surface area (Å²) in [6.45, 7) is 10.2. The molecule has 0 radical (unpaired) electrons. The monoisotopic (exact) mass is 416 g/mol. The predicted octanol–water partition coefficient (Wildman–Crippen LogP) is 4.22. The van der Waals surface area contributed by atoms with Crippen LogP contribution in [-0.2, 0) is 16.2 Å². The van der Waals surface area contributed by atoms with E-state index in [0.717, 1.165) is 29.4 Å². The molecule has 0 atom stereocenters. The van der Waals surface area contributed by atoms with Gasteiger partial charge in [0.1, 0.15) is 18.6 Å². The highest BCUT2D eigenvalue weighted by Crippen LogP contribution is 2.33. The Morgan fingerprint density at radius 1 is 1.34 bits per heavy atom. The third kappa shape index (κ3) is 4.85. The van der Waals surface area contributed by atoms with E-state index in [0.29, 0.717) is 18.2 Å². The molecule has 3 heterocycles. The van der Waals surface area contributed by atoms with Crippen LogP contribution in [0.1, 0.15) is 17.4 Å². The van der Waals surface area contributed by atoms with E-state index in [1.54, 1.807) is 13.1 Å². The van der Waals surface area contributed by atoms with Gasteiger partial charge in [-0.3, -0.25) is 0 Å². The minimum absolute atomic E-state index is 0.136. The SMILES string of the molecule is CCOC(=O)c1coc(-c2cnc3c(ccn3COCC[Si](C)(C)C)c2NC)n1. The van der Waals surface area contributed by atoms with Crippen LogP contribution in [-0.4, -0.2) is 48.8 Å². The summed E-state index contributed by atoms with van der Waals surface area (Å²) in [4.78, 5) is 20.7. The average Bonchev–Trinajstić information content (AvgIpc) is 3.31. The number of aromatic nitrogens is 3. The maximum atomic E-state index is 11.9.